The van der Waals surface area contributed by atoms with E-state index < -0.39 is 38.4 Å². The van der Waals surface area contributed by atoms with Crippen LogP contribution in [0.1, 0.15) is 121 Å². The van der Waals surface area contributed by atoms with Crippen LogP contribution in [0, 0.1) is 117 Å². The van der Waals surface area contributed by atoms with Crippen molar-refractivity contribution in [1.82, 2.24) is 38.2 Å². The molecule has 0 saturated heterocycles. The molecule has 105 heavy (non-hydrogen) atoms. The summed E-state index contributed by atoms with van der Waals surface area (Å²) in [6.45, 7) is 47.3. The van der Waals surface area contributed by atoms with Crippen LogP contribution in [0.25, 0.3) is 65.7 Å². The van der Waals surface area contributed by atoms with Crippen molar-refractivity contribution in [2.24, 2.45) is 14.1 Å². The first-order valence-corrected chi connectivity index (χ1v) is 44.8. The molecule has 0 bridgehead atoms. The van der Waals surface area contributed by atoms with Crippen LogP contribution in [0.15, 0.2) is 94.4 Å². The molecular weight excluding hydrogens is 1470 g/mol. The van der Waals surface area contributed by atoms with Crippen LogP contribution in [-0.4, -0.2) is 86.9 Å². The number of aldehydes is 1. The number of benzene rings is 6. The summed E-state index contributed by atoms with van der Waals surface area (Å²) in [4.78, 5) is 42.1. The zero-order valence-electron chi connectivity index (χ0n) is 65.9. The fourth-order valence-corrected chi connectivity index (χ4v) is 17.2. The molecule has 6 heterocycles. The number of carbonyl (C=O) groups is 2. The molecule has 0 aliphatic rings. The number of halogens is 2. The van der Waals surface area contributed by atoms with Crippen molar-refractivity contribution in [2.75, 3.05) is 20.3 Å². The van der Waals surface area contributed by atoms with Gasteiger partial charge < -0.3 is 47.2 Å². The van der Waals surface area contributed by atoms with Gasteiger partial charge in [-0.2, -0.15) is 15.8 Å². The fourth-order valence-electron chi connectivity index (χ4n) is 15.0. The molecule has 0 spiro atoms. The predicted molar refractivity (Wildman–Crippen MR) is 441 cm³/mol. The number of rotatable bonds is 18. The van der Waals surface area contributed by atoms with Crippen LogP contribution in [0.5, 0.6) is 0 Å². The van der Waals surface area contributed by atoms with Crippen LogP contribution in [0.4, 0.5) is 0 Å². The van der Waals surface area contributed by atoms with Crippen LogP contribution < -0.4 is 0 Å². The second-order valence-electron chi connectivity index (χ2n) is 31.4. The number of aromatic amines is 2. The minimum atomic E-state index is -1.31. The lowest BCUT2D eigenvalue weighted by atomic mass is 9.76. The number of methoxy groups -OCH3 is 1. The Morgan fingerprint density at radius 3 is 1.69 bits per heavy atom. The monoisotopic (exact) mass is 1570 g/mol. The number of carbonyl (C=O) groups excluding carboxylic acids is 2. The predicted octanol–water partition coefficient (Wildman–Crippen LogP) is 20.6. The van der Waals surface area contributed by atoms with E-state index in [1.54, 1.807) is 6.92 Å². The molecule has 6 aromatic carbocycles. The third-order valence-electron chi connectivity index (χ3n) is 22.1. The van der Waals surface area contributed by atoms with E-state index in [9.17, 15) is 20.1 Å². The molecule has 550 valence electrons. The molecule has 0 fully saturated rings. The molecule has 3 atom stereocenters. The average Bonchev–Trinajstić information content (AvgIpc) is 1.62. The van der Waals surface area contributed by atoms with Gasteiger partial charge in [0.2, 0.25) is 0 Å². The fraction of sp³-hybridized carbons (Fsp3) is 0.400. The standard InChI is InChI=1S/C33H48BrN3O3Si2.C21H19BrN4.C17H20N2O2.C14H16N2/c1-23-24(2)30(27-13-14-36(31(27)25(23)3)21-39-15-17-41(5,6)7)33(4,20-38)32-35-28-19-26(34)11-12-29(28)37(32)22-40-16-18-42(8,9)10;1-11-12(2)18(15-7-8-24-19(15)13(11)3)21(4,10-23)20-25-16-6-5-14(22)9-17(16)26-20;1-10-11(2)14(17(4,9-18)16(20)21-6)13-7-8-19(5)15(13)12(10)3;1-9-10(2)12(5-7-15)13-6-8-16(4)14(13)11(9)3/h11-14,19-20H,15-18,21-22H2,1-10H3;5-9,24H,1-4H3,(H,25,26);7-8H,1-6H3;6,8H,5H2,1-4H3. The number of nitrogens with one attached hydrogen (secondary N) is 2. The maximum atomic E-state index is 13.4. The molecule has 16 nitrogen and oxygen atoms in total. The summed E-state index contributed by atoms with van der Waals surface area (Å²) in [6, 6.07) is 29.4. The summed E-state index contributed by atoms with van der Waals surface area (Å²) in [7, 11) is 2.92. The summed E-state index contributed by atoms with van der Waals surface area (Å²) in [5, 5.41) is 33.1. The van der Waals surface area contributed by atoms with Crippen molar-refractivity contribution >= 4 is 126 Å². The van der Waals surface area contributed by atoms with Crippen molar-refractivity contribution in [3.05, 3.63) is 195 Å². The van der Waals surface area contributed by atoms with Gasteiger partial charge in [0.05, 0.1) is 70.4 Å². The maximum absolute atomic E-state index is 13.4. The van der Waals surface area contributed by atoms with Crippen molar-refractivity contribution in [3.63, 3.8) is 0 Å². The molecule has 0 radical (unpaired) electrons. The minimum Gasteiger partial charge on any atom is -0.468 e. The normalized spacial score (nSPS) is 13.5. The number of nitrogens with zero attached hydrogens (tertiary/aromatic N) is 9. The molecule has 12 aromatic rings. The summed E-state index contributed by atoms with van der Waals surface area (Å²) in [5.41, 5.74) is 23.0. The van der Waals surface area contributed by atoms with E-state index in [4.69, 9.17) is 29.4 Å². The zero-order valence-corrected chi connectivity index (χ0v) is 71.1. The Kier molecular flexibility index (Phi) is 24.1. The van der Waals surface area contributed by atoms with Gasteiger partial charge in [-0.1, -0.05) is 71.1 Å². The Bertz CT molecular complexity index is 5500. The largest absolute Gasteiger partial charge is 0.468 e. The highest BCUT2D eigenvalue weighted by molar-refractivity contribution is 9.10. The topological polar surface area (TPSA) is 210 Å². The van der Waals surface area contributed by atoms with Gasteiger partial charge in [-0.3, -0.25) is 0 Å². The average molecular weight is 1570 g/mol. The second kappa shape index (κ2) is 31.4. The van der Waals surface area contributed by atoms with Crippen molar-refractivity contribution < 1.29 is 23.8 Å². The third-order valence-corrected chi connectivity index (χ3v) is 26.5. The summed E-state index contributed by atoms with van der Waals surface area (Å²) < 4.78 is 27.7. The van der Waals surface area contributed by atoms with E-state index in [0.717, 1.165) is 128 Å². The number of esters is 1. The van der Waals surface area contributed by atoms with Gasteiger partial charge in [0, 0.05) is 104 Å². The lowest BCUT2D eigenvalue weighted by Crippen LogP contribution is -2.33. The number of aromatic nitrogens is 8. The number of hydrogen-bond donors (Lipinski definition) is 2. The molecule has 3 unspecified atom stereocenters. The van der Waals surface area contributed by atoms with Crippen molar-refractivity contribution in [3.8, 4) is 18.2 Å². The molecular formula is C85H103Br2N11O5Si2. The number of fused-ring (bicyclic) bond motifs is 6. The first-order chi connectivity index (χ1) is 49.3. The molecule has 0 saturated carbocycles. The molecule has 0 amide bonds. The van der Waals surface area contributed by atoms with Crippen molar-refractivity contribution in [1.29, 1.82) is 15.8 Å². The third kappa shape index (κ3) is 15.4. The Balaban J connectivity index is 0.000000173. The van der Waals surface area contributed by atoms with Gasteiger partial charge in [0.15, 0.2) is 5.41 Å². The van der Waals surface area contributed by atoms with E-state index >= 15 is 0 Å². The molecule has 0 aliphatic carbocycles. The van der Waals surface area contributed by atoms with E-state index in [1.807, 2.05) is 88.1 Å². The summed E-state index contributed by atoms with van der Waals surface area (Å²) in [6.07, 6.45) is 9.62. The Hall–Kier alpha value is -8.66. The van der Waals surface area contributed by atoms with E-state index in [2.05, 4.69) is 226 Å². The van der Waals surface area contributed by atoms with Crippen LogP contribution in [-0.2, 0) is 74.0 Å². The van der Waals surface area contributed by atoms with Gasteiger partial charge >= 0.3 is 5.97 Å². The molecule has 0 aliphatic heterocycles. The number of nitriles is 3. The van der Waals surface area contributed by atoms with E-state index in [1.165, 1.54) is 68.1 Å². The van der Waals surface area contributed by atoms with Gasteiger partial charge in [-0.05, 0) is 266 Å². The molecule has 6 aromatic heterocycles. The van der Waals surface area contributed by atoms with Gasteiger partial charge in [-0.15, -0.1) is 0 Å². The van der Waals surface area contributed by atoms with Crippen LogP contribution >= 0.6 is 31.9 Å². The molecule has 2 N–H and O–H groups in total. The lowest BCUT2D eigenvalue weighted by molar-refractivity contribution is -0.144. The Morgan fingerprint density at radius 1 is 0.581 bits per heavy atom. The molecule has 20 heteroatoms. The first-order valence-electron chi connectivity index (χ1n) is 35.8. The maximum Gasteiger partial charge on any atom is 0.330 e. The highest BCUT2D eigenvalue weighted by Crippen LogP contribution is 2.45. The Morgan fingerprint density at radius 2 is 1.10 bits per heavy atom. The summed E-state index contributed by atoms with van der Waals surface area (Å²) in [5.74, 6) is 0.842. The summed E-state index contributed by atoms with van der Waals surface area (Å²) >= 11 is 7.10. The van der Waals surface area contributed by atoms with E-state index in [0.29, 0.717) is 38.1 Å². The second-order valence-corrected chi connectivity index (χ2v) is 44.4. The Labute approximate surface area is 638 Å². The number of imidazole rings is 2. The van der Waals surface area contributed by atoms with Crippen LogP contribution in [0.2, 0.25) is 51.4 Å². The number of H-pyrrole nitrogens is 2. The van der Waals surface area contributed by atoms with Crippen LogP contribution in [0.3, 0.4) is 0 Å². The quantitative estimate of drug-likeness (QED) is 0.0359. The zero-order chi connectivity index (χ0) is 77.5. The SMILES string of the molecule is COC(=O)C(C)(C#N)c1c(C)c(C)c(C)c2c1ccn2C.Cc1c(C)c(C)c2[nH]ccc2c1C(C)(C#N)c1nc2ccc(Br)cc2[nH]1.Cc1c(C)c(C)c2c(ccn2C)c1CC#N.Cc1c(C)c(C)c2c(ccn2COCC[Si](C)(C)C)c1C(C)(C=O)c1nc2cc(Br)ccc2n1COCC[Si](C)(C)C. The van der Waals surface area contributed by atoms with Gasteiger partial charge in [0.25, 0.3) is 0 Å². The number of ether oxygens (including phenoxy) is 3. The number of aryl methyl sites for hydroxylation is 6. The van der Waals surface area contributed by atoms with Crippen molar-refractivity contribution in [2.45, 2.75) is 191 Å². The smallest absolute Gasteiger partial charge is 0.330 e. The minimum absolute atomic E-state index is 0.348. The number of hydrogen-bond acceptors (Lipinski definition) is 10. The highest BCUT2D eigenvalue weighted by atomic mass is 79.9. The molecule has 12 rings (SSSR count). The lowest BCUT2D eigenvalue weighted by Gasteiger charge is -2.29. The highest BCUT2D eigenvalue weighted by Gasteiger charge is 2.42. The van der Waals surface area contributed by atoms with Gasteiger partial charge in [-0.25, -0.2) is 14.8 Å². The first kappa shape index (κ1) is 80.4. The van der Waals surface area contributed by atoms with Gasteiger partial charge in [0.1, 0.15) is 42.2 Å². The van der Waals surface area contributed by atoms with E-state index in [-0.39, 0.29) is 0 Å².